The Labute approximate surface area is 259 Å². The van der Waals surface area contributed by atoms with Gasteiger partial charge in [-0.05, 0) is 69.4 Å². The van der Waals surface area contributed by atoms with Gasteiger partial charge < -0.3 is 20.9 Å². The van der Waals surface area contributed by atoms with Gasteiger partial charge in [0, 0.05) is 31.4 Å². The van der Waals surface area contributed by atoms with E-state index in [4.69, 9.17) is 23.2 Å². The van der Waals surface area contributed by atoms with E-state index in [0.29, 0.717) is 12.1 Å². The molecule has 228 valence electrons. The van der Waals surface area contributed by atoms with Crippen molar-refractivity contribution in [3.05, 3.63) is 82.1 Å². The van der Waals surface area contributed by atoms with Gasteiger partial charge in [-0.15, -0.1) is 0 Å². The SMILES string of the molecule is CN(C)CCC=CC(=O)Nc1ccc(S(=O)(=O)N2CC[C@@H](NC(=O)c3[nH]ncc3NC(=O)c3c(Cl)cccc3Cl)C2)cc1. The maximum Gasteiger partial charge on any atom is 0.271 e. The number of amides is 3. The number of nitrogens with one attached hydrogen (secondary N) is 4. The fourth-order valence-corrected chi connectivity index (χ4v) is 6.41. The lowest BCUT2D eigenvalue weighted by Crippen LogP contribution is -2.39. The van der Waals surface area contributed by atoms with Crippen LogP contribution < -0.4 is 16.0 Å². The number of nitrogens with zero attached hydrogens (tertiary/aromatic N) is 3. The van der Waals surface area contributed by atoms with Gasteiger partial charge in [-0.1, -0.05) is 35.3 Å². The fourth-order valence-electron chi connectivity index (χ4n) is 4.34. The van der Waals surface area contributed by atoms with Gasteiger partial charge in [0.25, 0.3) is 11.8 Å². The van der Waals surface area contributed by atoms with Crippen molar-refractivity contribution < 1.29 is 22.8 Å². The molecule has 4 N–H and O–H groups in total. The van der Waals surface area contributed by atoms with Crippen molar-refractivity contribution in [1.82, 2.24) is 24.7 Å². The Morgan fingerprint density at radius 2 is 1.77 bits per heavy atom. The second-order valence-electron chi connectivity index (χ2n) is 10.0. The maximum atomic E-state index is 13.2. The van der Waals surface area contributed by atoms with Crippen LogP contribution >= 0.6 is 23.2 Å². The molecule has 2 aromatic carbocycles. The first-order chi connectivity index (χ1) is 20.5. The molecule has 1 aromatic heterocycles. The van der Waals surface area contributed by atoms with E-state index < -0.39 is 27.9 Å². The Morgan fingerprint density at radius 3 is 2.44 bits per heavy atom. The minimum Gasteiger partial charge on any atom is -0.347 e. The minimum atomic E-state index is -3.85. The highest BCUT2D eigenvalue weighted by Crippen LogP contribution is 2.26. The monoisotopic (exact) mass is 647 g/mol. The van der Waals surface area contributed by atoms with Gasteiger partial charge in [0.1, 0.15) is 5.69 Å². The third-order valence-electron chi connectivity index (χ3n) is 6.56. The fraction of sp³-hybridized carbons (Fsp3) is 0.286. The van der Waals surface area contributed by atoms with E-state index in [1.54, 1.807) is 12.1 Å². The van der Waals surface area contributed by atoms with Crippen molar-refractivity contribution in [1.29, 1.82) is 0 Å². The number of hydrogen-bond acceptors (Lipinski definition) is 7. The molecule has 0 saturated carbocycles. The third-order valence-corrected chi connectivity index (χ3v) is 9.07. The second-order valence-corrected chi connectivity index (χ2v) is 12.8. The molecule has 0 aliphatic carbocycles. The van der Waals surface area contributed by atoms with Crippen LogP contribution in [-0.4, -0.2) is 85.3 Å². The molecule has 43 heavy (non-hydrogen) atoms. The molecule has 0 bridgehead atoms. The van der Waals surface area contributed by atoms with Crippen LogP contribution in [0.4, 0.5) is 11.4 Å². The van der Waals surface area contributed by atoms with Gasteiger partial charge in [0.2, 0.25) is 15.9 Å². The van der Waals surface area contributed by atoms with Gasteiger partial charge in [0.05, 0.1) is 32.4 Å². The first-order valence-electron chi connectivity index (χ1n) is 13.3. The molecule has 3 amide bonds. The minimum absolute atomic E-state index is 0.0111. The summed E-state index contributed by atoms with van der Waals surface area (Å²) in [5.41, 5.74) is 0.616. The van der Waals surface area contributed by atoms with Crippen molar-refractivity contribution in [2.24, 2.45) is 0 Å². The molecule has 0 unspecified atom stereocenters. The van der Waals surface area contributed by atoms with E-state index in [2.05, 4.69) is 26.1 Å². The lowest BCUT2D eigenvalue weighted by molar-refractivity contribution is -0.111. The Bertz CT molecular complexity index is 1600. The van der Waals surface area contributed by atoms with E-state index in [-0.39, 0.29) is 50.9 Å². The zero-order valence-corrected chi connectivity index (χ0v) is 25.8. The van der Waals surface area contributed by atoms with E-state index in [0.717, 1.165) is 13.0 Å². The Kier molecular flexibility index (Phi) is 10.6. The Balaban J connectivity index is 1.33. The predicted molar refractivity (Wildman–Crippen MR) is 165 cm³/mol. The summed E-state index contributed by atoms with van der Waals surface area (Å²) in [5.74, 6) is -1.50. The number of aromatic amines is 1. The largest absolute Gasteiger partial charge is 0.347 e. The van der Waals surface area contributed by atoms with Crippen molar-refractivity contribution in [2.75, 3.05) is 44.4 Å². The van der Waals surface area contributed by atoms with Crippen molar-refractivity contribution in [2.45, 2.75) is 23.8 Å². The van der Waals surface area contributed by atoms with Gasteiger partial charge in [0.15, 0.2) is 0 Å². The second kappa shape index (κ2) is 14.1. The molecule has 1 aliphatic rings. The summed E-state index contributed by atoms with van der Waals surface area (Å²) in [5, 5.41) is 14.8. The normalized spacial score (nSPS) is 15.6. The maximum absolute atomic E-state index is 13.2. The smallest absolute Gasteiger partial charge is 0.271 e. The van der Waals surface area contributed by atoms with Crippen LogP contribution in [-0.2, 0) is 14.8 Å². The third kappa shape index (κ3) is 8.21. The van der Waals surface area contributed by atoms with Gasteiger partial charge in [-0.2, -0.15) is 9.40 Å². The molecule has 1 fully saturated rings. The highest BCUT2D eigenvalue weighted by molar-refractivity contribution is 7.89. The molecule has 1 saturated heterocycles. The lowest BCUT2D eigenvalue weighted by atomic mass is 10.2. The van der Waals surface area contributed by atoms with E-state index >= 15 is 0 Å². The highest BCUT2D eigenvalue weighted by atomic mass is 35.5. The summed E-state index contributed by atoms with van der Waals surface area (Å²) in [6, 6.07) is 10.1. The number of halogens is 2. The molecular formula is C28H31Cl2N7O5S. The summed E-state index contributed by atoms with van der Waals surface area (Å²) in [6.07, 6.45) is 5.60. The standard InChI is InChI=1S/C28H31Cl2N7O5S/c1-36(2)14-4-3-8-24(38)32-18-9-11-20(12-10-18)43(41,42)37-15-13-19(17-37)33-28(40)26-23(16-31-35-26)34-27(39)25-21(29)6-5-7-22(25)30/h3,5-12,16,19H,4,13-15,17H2,1-2H3,(H,31,35)(H,32,38)(H,33,40)(H,34,39)/t19-/m1/s1. The van der Waals surface area contributed by atoms with Crippen LogP contribution in [0.2, 0.25) is 10.0 Å². The van der Waals surface area contributed by atoms with Crippen LogP contribution in [0.25, 0.3) is 0 Å². The van der Waals surface area contributed by atoms with Crippen molar-refractivity contribution >= 4 is 62.3 Å². The number of benzene rings is 2. The lowest BCUT2D eigenvalue weighted by Gasteiger charge is -2.17. The summed E-state index contributed by atoms with van der Waals surface area (Å²) >= 11 is 12.2. The van der Waals surface area contributed by atoms with Crippen LogP contribution in [0.1, 0.15) is 33.7 Å². The average Bonchev–Trinajstić information content (AvgIpc) is 3.61. The van der Waals surface area contributed by atoms with Crippen molar-refractivity contribution in [3.8, 4) is 0 Å². The first kappa shape index (κ1) is 32.2. The first-order valence-corrected chi connectivity index (χ1v) is 15.5. The van der Waals surface area contributed by atoms with Crippen LogP contribution in [0.5, 0.6) is 0 Å². The zero-order valence-electron chi connectivity index (χ0n) is 23.4. The van der Waals surface area contributed by atoms with Gasteiger partial charge >= 0.3 is 0 Å². The van der Waals surface area contributed by atoms with Gasteiger partial charge in [-0.3, -0.25) is 19.5 Å². The molecular weight excluding hydrogens is 617 g/mol. The number of hydrogen-bond donors (Lipinski definition) is 4. The molecule has 2 heterocycles. The molecule has 12 nitrogen and oxygen atoms in total. The molecule has 1 aliphatic heterocycles. The summed E-state index contributed by atoms with van der Waals surface area (Å²) in [6.45, 7) is 1.07. The van der Waals surface area contributed by atoms with Crippen LogP contribution in [0.15, 0.2) is 65.7 Å². The molecule has 0 spiro atoms. The highest BCUT2D eigenvalue weighted by Gasteiger charge is 2.34. The summed E-state index contributed by atoms with van der Waals surface area (Å²) < 4.78 is 27.8. The quantitative estimate of drug-likeness (QED) is 0.232. The Hall–Kier alpha value is -3.75. The number of carbonyl (C=O) groups is 3. The van der Waals surface area contributed by atoms with Gasteiger partial charge in [-0.25, -0.2) is 8.42 Å². The van der Waals surface area contributed by atoms with Crippen molar-refractivity contribution in [3.63, 3.8) is 0 Å². The topological polar surface area (TPSA) is 157 Å². The van der Waals surface area contributed by atoms with Crippen LogP contribution in [0.3, 0.4) is 0 Å². The van der Waals surface area contributed by atoms with E-state index in [9.17, 15) is 22.8 Å². The molecule has 15 heteroatoms. The predicted octanol–water partition coefficient (Wildman–Crippen LogP) is 3.61. The summed E-state index contributed by atoms with van der Waals surface area (Å²) in [4.78, 5) is 39.9. The number of sulfonamides is 1. The molecule has 1 atom stereocenters. The van der Waals surface area contributed by atoms with E-state index in [1.807, 2.05) is 19.0 Å². The summed E-state index contributed by atoms with van der Waals surface area (Å²) in [7, 11) is 0.0481. The molecule has 3 aromatic rings. The Morgan fingerprint density at radius 1 is 1.07 bits per heavy atom. The number of anilines is 2. The number of carbonyl (C=O) groups excluding carboxylic acids is 3. The van der Waals surface area contributed by atoms with E-state index in [1.165, 1.54) is 53.0 Å². The molecule has 4 rings (SSSR count). The molecule has 0 radical (unpaired) electrons. The zero-order chi connectivity index (χ0) is 31.1. The van der Waals surface area contributed by atoms with Crippen LogP contribution in [0, 0.1) is 0 Å². The number of rotatable bonds is 11. The number of H-pyrrole nitrogens is 1. The number of aromatic nitrogens is 2. The average molecular weight is 649 g/mol.